The van der Waals surface area contributed by atoms with Crippen molar-refractivity contribution in [3.8, 4) is 5.75 Å². The Labute approximate surface area is 137 Å². The Morgan fingerprint density at radius 3 is 2.43 bits per heavy atom. The number of nitrogens with one attached hydrogen (secondary N) is 1. The topological polar surface area (TPSA) is 38.3 Å². The lowest BCUT2D eigenvalue weighted by Gasteiger charge is -2.39. The van der Waals surface area contributed by atoms with E-state index in [0.717, 1.165) is 34.9 Å². The highest BCUT2D eigenvalue weighted by molar-refractivity contribution is 6.10. The maximum absolute atomic E-state index is 13.2. The summed E-state index contributed by atoms with van der Waals surface area (Å²) in [4.78, 5) is 13.2. The molecule has 120 valence electrons. The predicted molar refractivity (Wildman–Crippen MR) is 92.1 cm³/mol. The fourth-order valence-corrected chi connectivity index (χ4v) is 4.36. The van der Waals surface area contributed by atoms with Crippen LogP contribution in [0, 0.1) is 5.92 Å². The third kappa shape index (κ3) is 2.63. The molecule has 2 fully saturated rings. The lowest BCUT2D eigenvalue weighted by molar-refractivity contribution is 0.0827. The van der Waals surface area contributed by atoms with E-state index in [0.29, 0.717) is 17.9 Å². The smallest absolute Gasteiger partial charge is 0.166 e. The van der Waals surface area contributed by atoms with Crippen molar-refractivity contribution in [3.05, 3.63) is 42.0 Å². The maximum Gasteiger partial charge on any atom is 0.166 e. The molecule has 2 heterocycles. The van der Waals surface area contributed by atoms with Gasteiger partial charge in [-0.2, -0.15) is 0 Å². The molecule has 3 nitrogen and oxygen atoms in total. The molecule has 0 spiro atoms. The molecule has 2 aliphatic rings. The first kappa shape index (κ1) is 14.7. The summed E-state index contributed by atoms with van der Waals surface area (Å²) >= 11 is 0. The predicted octanol–water partition coefficient (Wildman–Crippen LogP) is 3.95. The number of fused-ring (bicyclic) bond motifs is 3. The molecular formula is C20H23NO2. The highest BCUT2D eigenvalue weighted by Crippen LogP contribution is 2.35. The molecule has 2 aromatic rings. The number of ether oxygens (including phenoxy) is 1. The summed E-state index contributed by atoms with van der Waals surface area (Å²) < 4.78 is 5.45. The fourth-order valence-electron chi connectivity index (χ4n) is 4.36. The summed E-state index contributed by atoms with van der Waals surface area (Å²) in [7, 11) is 1.68. The number of ketones is 1. The molecule has 0 aromatic heterocycles. The van der Waals surface area contributed by atoms with E-state index in [9.17, 15) is 4.79 Å². The van der Waals surface area contributed by atoms with E-state index in [-0.39, 0.29) is 5.92 Å². The third-order valence-electron chi connectivity index (χ3n) is 5.45. The average Bonchev–Trinajstić information content (AvgIpc) is 2.60. The van der Waals surface area contributed by atoms with Crippen molar-refractivity contribution in [2.75, 3.05) is 7.11 Å². The second kappa shape index (κ2) is 5.97. The summed E-state index contributed by atoms with van der Waals surface area (Å²) in [5.41, 5.74) is 0.853. The van der Waals surface area contributed by atoms with Gasteiger partial charge in [0.05, 0.1) is 7.11 Å². The van der Waals surface area contributed by atoms with Crippen molar-refractivity contribution in [2.45, 2.75) is 44.2 Å². The van der Waals surface area contributed by atoms with Crippen LogP contribution in [0.4, 0.5) is 0 Å². The van der Waals surface area contributed by atoms with Crippen molar-refractivity contribution in [1.29, 1.82) is 0 Å². The van der Waals surface area contributed by atoms with Crippen LogP contribution in [0.5, 0.6) is 5.75 Å². The molecule has 3 heteroatoms. The minimum absolute atomic E-state index is 0.156. The first-order valence-electron chi connectivity index (χ1n) is 8.62. The number of carbonyl (C=O) groups excluding carboxylic acids is 1. The molecule has 23 heavy (non-hydrogen) atoms. The zero-order chi connectivity index (χ0) is 15.8. The summed E-state index contributed by atoms with van der Waals surface area (Å²) in [5, 5.41) is 5.71. The zero-order valence-corrected chi connectivity index (χ0v) is 13.5. The first-order valence-corrected chi connectivity index (χ1v) is 8.62. The average molecular weight is 309 g/mol. The van der Waals surface area contributed by atoms with Gasteiger partial charge in [-0.15, -0.1) is 0 Å². The van der Waals surface area contributed by atoms with Gasteiger partial charge in [-0.25, -0.2) is 0 Å². The van der Waals surface area contributed by atoms with Gasteiger partial charge in [0.2, 0.25) is 0 Å². The lowest BCUT2D eigenvalue weighted by atomic mass is 9.77. The van der Waals surface area contributed by atoms with E-state index < -0.39 is 0 Å². The summed E-state index contributed by atoms with van der Waals surface area (Å²) in [6.45, 7) is 0. The standard InChI is InChI=1S/C20H23NO2/c1-23-19-10-9-18(16-7-2-3-8-17(16)19)20(22)13-11-14-5-4-6-15(12-13)21-14/h2-3,7-10,13-15,21H,4-6,11-12H2,1H3. The maximum atomic E-state index is 13.2. The van der Waals surface area contributed by atoms with Gasteiger partial charge in [-0.05, 0) is 43.2 Å². The van der Waals surface area contributed by atoms with Gasteiger partial charge in [-0.3, -0.25) is 4.79 Å². The summed E-state index contributed by atoms with van der Waals surface area (Å²) in [6.07, 6.45) is 5.69. The van der Waals surface area contributed by atoms with E-state index in [4.69, 9.17) is 4.74 Å². The number of hydrogen-bond acceptors (Lipinski definition) is 3. The number of Topliss-reactive ketones (excluding diaryl/α,β-unsaturated/α-hetero) is 1. The van der Waals surface area contributed by atoms with Crippen LogP contribution in [0.3, 0.4) is 0 Å². The van der Waals surface area contributed by atoms with Crippen LogP contribution in [-0.2, 0) is 0 Å². The van der Waals surface area contributed by atoms with Crippen molar-refractivity contribution in [3.63, 3.8) is 0 Å². The van der Waals surface area contributed by atoms with Gasteiger partial charge < -0.3 is 10.1 Å². The molecule has 2 bridgehead atoms. The van der Waals surface area contributed by atoms with Crippen LogP contribution in [0.25, 0.3) is 10.8 Å². The van der Waals surface area contributed by atoms with E-state index in [1.54, 1.807) is 7.11 Å². The second-order valence-electron chi connectivity index (χ2n) is 6.88. The molecule has 2 unspecified atom stereocenters. The molecule has 2 aliphatic heterocycles. The lowest BCUT2D eigenvalue weighted by Crippen LogP contribution is -2.50. The Hall–Kier alpha value is -1.87. The molecule has 2 saturated heterocycles. The molecule has 1 N–H and O–H groups in total. The van der Waals surface area contributed by atoms with Gasteiger partial charge in [-0.1, -0.05) is 30.7 Å². The van der Waals surface area contributed by atoms with Gasteiger partial charge in [0.15, 0.2) is 5.78 Å². The number of piperidine rings is 2. The molecule has 2 atom stereocenters. The second-order valence-corrected chi connectivity index (χ2v) is 6.88. The molecule has 4 rings (SSSR count). The minimum atomic E-state index is 0.156. The van der Waals surface area contributed by atoms with Crippen LogP contribution < -0.4 is 10.1 Å². The number of hydrogen-bond donors (Lipinski definition) is 1. The van der Waals surface area contributed by atoms with Crippen LogP contribution in [0.15, 0.2) is 36.4 Å². The molecule has 0 radical (unpaired) electrons. The summed E-state index contributed by atoms with van der Waals surface area (Å²) in [5.74, 6) is 1.30. The Bertz CT molecular complexity index is 727. The van der Waals surface area contributed by atoms with Crippen molar-refractivity contribution in [1.82, 2.24) is 5.32 Å². The van der Waals surface area contributed by atoms with Crippen molar-refractivity contribution < 1.29 is 9.53 Å². The summed E-state index contributed by atoms with van der Waals surface area (Å²) in [6, 6.07) is 13.0. The molecular weight excluding hydrogens is 286 g/mol. The monoisotopic (exact) mass is 309 g/mol. The SMILES string of the molecule is COc1ccc(C(=O)C2CC3CCCC(C2)N3)c2ccccc12. The van der Waals surface area contributed by atoms with Gasteiger partial charge in [0, 0.05) is 29.0 Å². The van der Waals surface area contributed by atoms with Crippen molar-refractivity contribution in [2.24, 2.45) is 5.92 Å². The van der Waals surface area contributed by atoms with E-state index in [1.807, 2.05) is 36.4 Å². The van der Waals surface area contributed by atoms with E-state index in [1.165, 1.54) is 19.3 Å². The van der Waals surface area contributed by atoms with Crippen LogP contribution >= 0.6 is 0 Å². The van der Waals surface area contributed by atoms with E-state index in [2.05, 4.69) is 5.32 Å². The number of carbonyl (C=O) groups is 1. The highest BCUT2D eigenvalue weighted by atomic mass is 16.5. The Morgan fingerprint density at radius 2 is 1.74 bits per heavy atom. The first-order chi connectivity index (χ1) is 11.3. The Balaban J connectivity index is 1.70. The van der Waals surface area contributed by atoms with Crippen LogP contribution in [0.1, 0.15) is 42.5 Å². The fraction of sp³-hybridized carbons (Fsp3) is 0.450. The van der Waals surface area contributed by atoms with Gasteiger partial charge >= 0.3 is 0 Å². The Kier molecular flexibility index (Phi) is 3.82. The largest absolute Gasteiger partial charge is 0.496 e. The molecule has 0 saturated carbocycles. The van der Waals surface area contributed by atoms with E-state index >= 15 is 0 Å². The van der Waals surface area contributed by atoms with Crippen LogP contribution in [-0.4, -0.2) is 25.0 Å². The minimum Gasteiger partial charge on any atom is -0.496 e. The highest BCUT2D eigenvalue weighted by Gasteiger charge is 2.35. The van der Waals surface area contributed by atoms with Crippen LogP contribution in [0.2, 0.25) is 0 Å². The number of rotatable bonds is 3. The van der Waals surface area contributed by atoms with Gasteiger partial charge in [0.25, 0.3) is 0 Å². The van der Waals surface area contributed by atoms with Gasteiger partial charge in [0.1, 0.15) is 5.75 Å². The third-order valence-corrected chi connectivity index (χ3v) is 5.45. The normalized spacial score (nSPS) is 26.9. The zero-order valence-electron chi connectivity index (χ0n) is 13.5. The quantitative estimate of drug-likeness (QED) is 0.872. The Morgan fingerprint density at radius 1 is 1.04 bits per heavy atom. The number of methoxy groups -OCH3 is 1. The van der Waals surface area contributed by atoms with Crippen molar-refractivity contribution >= 4 is 16.6 Å². The molecule has 2 aromatic carbocycles. The molecule has 0 aliphatic carbocycles. The number of benzene rings is 2. The molecule has 0 amide bonds.